The van der Waals surface area contributed by atoms with E-state index in [-0.39, 0.29) is 0 Å². The van der Waals surface area contributed by atoms with Crippen molar-refractivity contribution in [2.24, 2.45) is 5.92 Å². The fraction of sp³-hybridized carbons (Fsp3) is 0.476. The van der Waals surface area contributed by atoms with Crippen LogP contribution >= 0.6 is 11.3 Å². The van der Waals surface area contributed by atoms with Gasteiger partial charge in [-0.05, 0) is 72.9 Å². The molecule has 2 aromatic rings. The lowest BCUT2D eigenvalue weighted by Crippen LogP contribution is -2.38. The summed E-state index contributed by atoms with van der Waals surface area (Å²) in [5, 5.41) is 4.23. The molecular formula is C21H27NOS. The molecule has 1 fully saturated rings. The summed E-state index contributed by atoms with van der Waals surface area (Å²) in [5.41, 5.74) is 4.06. The highest BCUT2D eigenvalue weighted by molar-refractivity contribution is 7.07. The molecule has 24 heavy (non-hydrogen) atoms. The van der Waals surface area contributed by atoms with Crippen molar-refractivity contribution in [2.45, 2.75) is 45.4 Å². The molecule has 0 spiro atoms. The summed E-state index contributed by atoms with van der Waals surface area (Å²) in [4.78, 5) is 14.4. The van der Waals surface area contributed by atoms with Crippen LogP contribution in [0, 0.1) is 12.8 Å². The van der Waals surface area contributed by atoms with Crippen molar-refractivity contribution in [3.63, 3.8) is 0 Å². The second-order valence-corrected chi connectivity index (χ2v) is 7.76. The van der Waals surface area contributed by atoms with E-state index in [0.717, 1.165) is 44.7 Å². The predicted octanol–water partition coefficient (Wildman–Crippen LogP) is 4.86. The minimum Gasteiger partial charge on any atom is -0.343 e. The van der Waals surface area contributed by atoms with Crippen LogP contribution in [0.15, 0.2) is 41.1 Å². The summed E-state index contributed by atoms with van der Waals surface area (Å²) in [7, 11) is 0. The smallest absolute Gasteiger partial charge is 0.222 e. The lowest BCUT2D eigenvalue weighted by molar-refractivity contribution is -0.132. The summed E-state index contributed by atoms with van der Waals surface area (Å²) in [6.07, 6.45) is 6.28. The Morgan fingerprint density at radius 1 is 1.08 bits per heavy atom. The quantitative estimate of drug-likeness (QED) is 0.735. The molecule has 1 amide bonds. The first-order chi connectivity index (χ1) is 11.7. The number of amides is 1. The van der Waals surface area contributed by atoms with Gasteiger partial charge >= 0.3 is 0 Å². The Labute approximate surface area is 149 Å². The Balaban J connectivity index is 1.37. The molecule has 0 bridgehead atoms. The monoisotopic (exact) mass is 341 g/mol. The van der Waals surface area contributed by atoms with Crippen molar-refractivity contribution in [2.75, 3.05) is 13.1 Å². The number of likely N-dealkylation sites (tertiary alicyclic amines) is 1. The molecule has 3 heteroatoms. The number of hydrogen-bond donors (Lipinski definition) is 0. The fourth-order valence-electron chi connectivity index (χ4n) is 3.44. The Hall–Kier alpha value is -1.61. The van der Waals surface area contributed by atoms with Crippen molar-refractivity contribution in [1.29, 1.82) is 0 Å². The van der Waals surface area contributed by atoms with Crippen molar-refractivity contribution >= 4 is 17.2 Å². The molecule has 3 rings (SSSR count). The summed E-state index contributed by atoms with van der Waals surface area (Å²) in [5.74, 6) is 1.10. The lowest BCUT2D eigenvalue weighted by atomic mass is 9.90. The van der Waals surface area contributed by atoms with Crippen LogP contribution in [0.4, 0.5) is 0 Å². The number of piperidine rings is 1. The lowest BCUT2D eigenvalue weighted by Gasteiger charge is -2.32. The molecule has 0 aliphatic carbocycles. The molecule has 1 saturated heterocycles. The van der Waals surface area contributed by atoms with Gasteiger partial charge in [-0.2, -0.15) is 11.3 Å². The van der Waals surface area contributed by atoms with Crippen LogP contribution in [0.1, 0.15) is 42.4 Å². The normalized spacial score (nSPS) is 15.6. The van der Waals surface area contributed by atoms with Gasteiger partial charge in [-0.25, -0.2) is 0 Å². The maximum absolute atomic E-state index is 12.3. The second-order valence-electron chi connectivity index (χ2n) is 6.98. The highest BCUT2D eigenvalue weighted by Crippen LogP contribution is 2.23. The zero-order valence-electron chi connectivity index (χ0n) is 14.5. The average Bonchev–Trinajstić information content (AvgIpc) is 3.13. The highest BCUT2D eigenvalue weighted by Gasteiger charge is 2.22. The molecular weight excluding hydrogens is 314 g/mol. The van der Waals surface area contributed by atoms with E-state index in [1.54, 1.807) is 11.3 Å². The Morgan fingerprint density at radius 2 is 1.83 bits per heavy atom. The highest BCUT2D eigenvalue weighted by atomic mass is 32.1. The van der Waals surface area contributed by atoms with Crippen LogP contribution < -0.4 is 0 Å². The van der Waals surface area contributed by atoms with Crippen LogP contribution in [-0.2, 0) is 17.6 Å². The number of rotatable bonds is 6. The van der Waals surface area contributed by atoms with Gasteiger partial charge in [0.1, 0.15) is 0 Å². The third-order valence-electron chi connectivity index (χ3n) is 5.14. The van der Waals surface area contributed by atoms with Gasteiger partial charge in [-0.1, -0.05) is 29.8 Å². The Bertz CT molecular complexity index is 624. The van der Waals surface area contributed by atoms with Crippen molar-refractivity contribution < 1.29 is 4.79 Å². The van der Waals surface area contributed by atoms with E-state index in [4.69, 9.17) is 0 Å². The van der Waals surface area contributed by atoms with Crippen molar-refractivity contribution in [3.05, 3.63) is 57.8 Å². The van der Waals surface area contributed by atoms with Crippen LogP contribution in [0.5, 0.6) is 0 Å². The first-order valence-electron chi connectivity index (χ1n) is 9.05. The number of nitrogens with zero attached hydrogens (tertiary/aromatic N) is 1. The van der Waals surface area contributed by atoms with Gasteiger partial charge in [0.2, 0.25) is 5.91 Å². The fourth-order valence-corrected chi connectivity index (χ4v) is 4.14. The third-order valence-corrected chi connectivity index (χ3v) is 5.87. The molecule has 0 saturated carbocycles. The minimum atomic E-state index is 0.332. The number of thiophene rings is 1. The summed E-state index contributed by atoms with van der Waals surface area (Å²) >= 11 is 1.71. The zero-order valence-corrected chi connectivity index (χ0v) is 15.4. The predicted molar refractivity (Wildman–Crippen MR) is 101 cm³/mol. The number of carbonyl (C=O) groups is 1. The van der Waals surface area contributed by atoms with Gasteiger partial charge in [-0.15, -0.1) is 0 Å². The van der Waals surface area contributed by atoms with Crippen LogP contribution in [-0.4, -0.2) is 23.9 Å². The van der Waals surface area contributed by atoms with E-state index in [1.165, 1.54) is 23.1 Å². The molecule has 1 aliphatic rings. The minimum absolute atomic E-state index is 0.332. The third kappa shape index (κ3) is 4.94. The van der Waals surface area contributed by atoms with Crippen molar-refractivity contribution in [1.82, 2.24) is 4.90 Å². The van der Waals surface area contributed by atoms with E-state index in [2.05, 4.69) is 52.9 Å². The maximum Gasteiger partial charge on any atom is 0.222 e. The van der Waals surface area contributed by atoms with Crippen LogP contribution in [0.2, 0.25) is 0 Å². The molecule has 0 unspecified atom stereocenters. The van der Waals surface area contributed by atoms with E-state index in [0.29, 0.717) is 12.3 Å². The van der Waals surface area contributed by atoms with Gasteiger partial charge in [0, 0.05) is 19.5 Å². The van der Waals surface area contributed by atoms with Gasteiger partial charge in [0.05, 0.1) is 0 Å². The molecule has 128 valence electrons. The standard InChI is InChI=1S/C21H27NOS/c1-17-2-4-18(5-3-17)6-7-19-10-13-22(14-11-19)21(23)9-8-20-12-15-24-16-20/h2-5,12,15-16,19H,6-11,13-14H2,1H3. The van der Waals surface area contributed by atoms with E-state index >= 15 is 0 Å². The molecule has 0 atom stereocenters. The summed E-state index contributed by atoms with van der Waals surface area (Å²) < 4.78 is 0. The van der Waals surface area contributed by atoms with E-state index in [1.807, 2.05) is 0 Å². The van der Waals surface area contributed by atoms with Crippen LogP contribution in [0.25, 0.3) is 0 Å². The van der Waals surface area contributed by atoms with E-state index < -0.39 is 0 Å². The summed E-state index contributed by atoms with van der Waals surface area (Å²) in [6.45, 7) is 4.02. The van der Waals surface area contributed by atoms with Gasteiger partial charge in [-0.3, -0.25) is 4.79 Å². The zero-order chi connectivity index (χ0) is 16.8. The first-order valence-corrected chi connectivity index (χ1v) is 9.99. The molecule has 1 aromatic carbocycles. The Morgan fingerprint density at radius 3 is 2.50 bits per heavy atom. The van der Waals surface area contributed by atoms with Gasteiger partial charge in [0.25, 0.3) is 0 Å². The topological polar surface area (TPSA) is 20.3 Å². The SMILES string of the molecule is Cc1ccc(CCC2CCN(C(=O)CCc3ccsc3)CC2)cc1. The van der Waals surface area contributed by atoms with Crippen molar-refractivity contribution in [3.8, 4) is 0 Å². The molecule has 0 N–H and O–H groups in total. The molecule has 0 radical (unpaired) electrons. The number of aryl methyl sites for hydroxylation is 3. The maximum atomic E-state index is 12.3. The van der Waals surface area contributed by atoms with Crippen LogP contribution in [0.3, 0.4) is 0 Å². The second kappa shape index (κ2) is 8.48. The molecule has 1 aliphatic heterocycles. The summed E-state index contributed by atoms with van der Waals surface area (Å²) in [6, 6.07) is 11.0. The van der Waals surface area contributed by atoms with Gasteiger partial charge in [0.15, 0.2) is 0 Å². The van der Waals surface area contributed by atoms with E-state index in [9.17, 15) is 4.79 Å². The number of carbonyl (C=O) groups excluding carboxylic acids is 1. The molecule has 2 nitrogen and oxygen atoms in total. The Kier molecular flexibility index (Phi) is 6.08. The molecule has 1 aromatic heterocycles. The molecule has 2 heterocycles. The number of benzene rings is 1. The first kappa shape index (κ1) is 17.2. The average molecular weight is 342 g/mol. The van der Waals surface area contributed by atoms with Gasteiger partial charge < -0.3 is 4.90 Å². The largest absolute Gasteiger partial charge is 0.343 e. The number of hydrogen-bond acceptors (Lipinski definition) is 2.